The predicted octanol–water partition coefficient (Wildman–Crippen LogP) is 2.66. The summed E-state index contributed by atoms with van der Waals surface area (Å²) < 4.78 is 42.6. The molecule has 20 heavy (non-hydrogen) atoms. The number of alkyl halides is 3. The van der Waals surface area contributed by atoms with E-state index in [-0.39, 0.29) is 13.1 Å². The number of fused-ring (bicyclic) bond motifs is 1. The number of methoxy groups -OCH3 is 1. The van der Waals surface area contributed by atoms with Gasteiger partial charge in [-0.1, -0.05) is 12.6 Å². The molecule has 0 saturated carbocycles. The van der Waals surface area contributed by atoms with Crippen molar-refractivity contribution < 1.29 is 22.7 Å². The molecule has 0 saturated heterocycles. The first-order valence-corrected chi connectivity index (χ1v) is 6.04. The minimum Gasteiger partial charge on any atom is -0.497 e. The number of amides is 1. The molecule has 0 unspecified atom stereocenters. The normalized spacial score (nSPS) is 15.6. The molecular formula is C14H14F3NO2. The molecule has 1 heterocycles. The first-order valence-electron chi connectivity index (χ1n) is 6.04. The highest BCUT2D eigenvalue weighted by atomic mass is 19.4. The van der Waals surface area contributed by atoms with Gasteiger partial charge in [-0.25, -0.2) is 0 Å². The van der Waals surface area contributed by atoms with Crippen LogP contribution >= 0.6 is 0 Å². The Hall–Kier alpha value is -1.98. The third-order valence-corrected chi connectivity index (χ3v) is 3.26. The SMILES string of the molecule is C=C1CN(C(=O)C(F)(F)F)CCc2cc(OC)ccc21. The van der Waals surface area contributed by atoms with Crippen molar-refractivity contribution in [2.24, 2.45) is 0 Å². The molecule has 3 nitrogen and oxygen atoms in total. The molecule has 0 N–H and O–H groups in total. The average molecular weight is 285 g/mol. The summed E-state index contributed by atoms with van der Waals surface area (Å²) in [5, 5.41) is 0. The molecule has 0 bridgehead atoms. The van der Waals surface area contributed by atoms with E-state index in [0.29, 0.717) is 17.7 Å². The molecule has 1 aromatic carbocycles. The summed E-state index contributed by atoms with van der Waals surface area (Å²) in [7, 11) is 1.52. The summed E-state index contributed by atoms with van der Waals surface area (Å²) in [5.41, 5.74) is 2.12. The Bertz CT molecular complexity index is 552. The molecule has 108 valence electrons. The lowest BCUT2D eigenvalue weighted by atomic mass is 10.00. The molecule has 1 aliphatic rings. The zero-order valence-electron chi connectivity index (χ0n) is 11.0. The number of hydrogen-bond donors (Lipinski definition) is 0. The largest absolute Gasteiger partial charge is 0.497 e. The molecule has 0 radical (unpaired) electrons. The Morgan fingerprint density at radius 3 is 2.70 bits per heavy atom. The van der Waals surface area contributed by atoms with Crippen LogP contribution in [0.15, 0.2) is 24.8 Å². The molecule has 1 aliphatic heterocycles. The van der Waals surface area contributed by atoms with E-state index >= 15 is 0 Å². The second-order valence-corrected chi connectivity index (χ2v) is 4.60. The second kappa shape index (κ2) is 5.19. The third kappa shape index (κ3) is 2.79. The lowest BCUT2D eigenvalue weighted by Crippen LogP contribution is -2.42. The summed E-state index contributed by atoms with van der Waals surface area (Å²) in [4.78, 5) is 12.1. The number of rotatable bonds is 1. The van der Waals surface area contributed by atoms with E-state index in [1.165, 1.54) is 7.11 Å². The van der Waals surface area contributed by atoms with Gasteiger partial charge in [0.2, 0.25) is 0 Å². The van der Waals surface area contributed by atoms with Crippen molar-refractivity contribution in [3.63, 3.8) is 0 Å². The predicted molar refractivity (Wildman–Crippen MR) is 68.4 cm³/mol. The zero-order chi connectivity index (χ0) is 14.9. The van der Waals surface area contributed by atoms with Gasteiger partial charge in [0, 0.05) is 13.1 Å². The summed E-state index contributed by atoms with van der Waals surface area (Å²) in [6.45, 7) is 3.68. The van der Waals surface area contributed by atoms with Gasteiger partial charge in [-0.2, -0.15) is 13.2 Å². The molecule has 1 aromatic rings. The molecule has 0 fully saturated rings. The number of hydrogen-bond acceptors (Lipinski definition) is 2. The second-order valence-electron chi connectivity index (χ2n) is 4.60. The van der Waals surface area contributed by atoms with Crippen molar-refractivity contribution >= 4 is 11.5 Å². The number of ether oxygens (including phenoxy) is 1. The van der Waals surface area contributed by atoms with E-state index < -0.39 is 12.1 Å². The van der Waals surface area contributed by atoms with Gasteiger partial charge in [-0.15, -0.1) is 0 Å². The van der Waals surface area contributed by atoms with Gasteiger partial charge in [-0.3, -0.25) is 4.79 Å². The fraction of sp³-hybridized carbons (Fsp3) is 0.357. The van der Waals surface area contributed by atoms with Crippen LogP contribution in [-0.4, -0.2) is 37.2 Å². The van der Waals surface area contributed by atoms with Gasteiger partial charge >= 0.3 is 12.1 Å². The van der Waals surface area contributed by atoms with Crippen LogP contribution < -0.4 is 4.74 Å². The Kier molecular flexibility index (Phi) is 3.74. The van der Waals surface area contributed by atoms with Crippen molar-refractivity contribution in [3.8, 4) is 5.75 Å². The van der Waals surface area contributed by atoms with Crippen LogP contribution in [0.25, 0.3) is 5.57 Å². The molecule has 0 aliphatic carbocycles. The fourth-order valence-electron chi connectivity index (χ4n) is 2.25. The maximum absolute atomic E-state index is 12.5. The number of nitrogens with zero attached hydrogens (tertiary/aromatic N) is 1. The monoisotopic (exact) mass is 285 g/mol. The van der Waals surface area contributed by atoms with Gasteiger partial charge in [0.05, 0.1) is 7.11 Å². The molecular weight excluding hydrogens is 271 g/mol. The summed E-state index contributed by atoms with van der Waals surface area (Å²) in [6, 6.07) is 5.26. The van der Waals surface area contributed by atoms with Crippen LogP contribution in [0.2, 0.25) is 0 Å². The highest BCUT2D eigenvalue weighted by molar-refractivity contribution is 5.84. The van der Waals surface area contributed by atoms with E-state index in [1.807, 2.05) is 0 Å². The smallest absolute Gasteiger partial charge is 0.471 e. The van der Waals surface area contributed by atoms with Gasteiger partial charge in [-0.05, 0) is 35.3 Å². The molecule has 0 atom stereocenters. The topological polar surface area (TPSA) is 29.5 Å². The Labute approximate surface area is 114 Å². The molecule has 6 heteroatoms. The Morgan fingerprint density at radius 1 is 1.40 bits per heavy atom. The van der Waals surface area contributed by atoms with Crippen molar-refractivity contribution in [1.82, 2.24) is 4.90 Å². The van der Waals surface area contributed by atoms with Crippen LogP contribution in [0.3, 0.4) is 0 Å². The van der Waals surface area contributed by atoms with Crippen LogP contribution in [-0.2, 0) is 11.2 Å². The van der Waals surface area contributed by atoms with Crippen LogP contribution in [0, 0.1) is 0 Å². The average Bonchev–Trinajstić information content (AvgIpc) is 2.56. The maximum Gasteiger partial charge on any atom is 0.471 e. The summed E-state index contributed by atoms with van der Waals surface area (Å²) >= 11 is 0. The van der Waals surface area contributed by atoms with Crippen molar-refractivity contribution in [2.75, 3.05) is 20.2 Å². The number of benzene rings is 1. The summed E-state index contributed by atoms with van der Waals surface area (Å²) in [6.07, 6.45) is -4.51. The molecule has 0 aromatic heterocycles. The molecule has 0 spiro atoms. The lowest BCUT2D eigenvalue weighted by molar-refractivity contribution is -0.184. The zero-order valence-corrected chi connectivity index (χ0v) is 11.0. The van der Waals surface area contributed by atoms with Crippen molar-refractivity contribution in [1.29, 1.82) is 0 Å². The molecule has 1 amide bonds. The van der Waals surface area contributed by atoms with E-state index in [4.69, 9.17) is 4.74 Å². The van der Waals surface area contributed by atoms with Gasteiger partial charge < -0.3 is 9.64 Å². The lowest BCUT2D eigenvalue weighted by Gasteiger charge is -2.21. The van der Waals surface area contributed by atoms with Gasteiger partial charge in [0.1, 0.15) is 5.75 Å². The molecule has 2 rings (SSSR count). The van der Waals surface area contributed by atoms with E-state index in [9.17, 15) is 18.0 Å². The fourth-order valence-corrected chi connectivity index (χ4v) is 2.25. The highest BCUT2D eigenvalue weighted by Gasteiger charge is 2.42. The number of carbonyl (C=O) groups excluding carboxylic acids is 1. The quantitative estimate of drug-likeness (QED) is 0.794. The Balaban J connectivity index is 2.27. The summed E-state index contributed by atoms with van der Waals surface area (Å²) in [5.74, 6) is -1.19. The van der Waals surface area contributed by atoms with Crippen LogP contribution in [0.5, 0.6) is 5.75 Å². The van der Waals surface area contributed by atoms with E-state index in [1.54, 1.807) is 18.2 Å². The standard InChI is InChI=1S/C14H14F3NO2/c1-9-8-18(13(19)14(15,16)17)6-5-10-7-11(20-2)3-4-12(9)10/h3-4,7H,1,5-6,8H2,2H3. The van der Waals surface area contributed by atoms with E-state index in [0.717, 1.165) is 16.0 Å². The Morgan fingerprint density at radius 2 is 2.10 bits per heavy atom. The van der Waals surface area contributed by atoms with Crippen molar-refractivity contribution in [2.45, 2.75) is 12.6 Å². The van der Waals surface area contributed by atoms with Gasteiger partial charge in [0.25, 0.3) is 0 Å². The number of carbonyl (C=O) groups is 1. The highest BCUT2D eigenvalue weighted by Crippen LogP contribution is 2.29. The van der Waals surface area contributed by atoms with Crippen molar-refractivity contribution in [3.05, 3.63) is 35.9 Å². The van der Waals surface area contributed by atoms with Crippen LogP contribution in [0.4, 0.5) is 13.2 Å². The minimum atomic E-state index is -4.85. The number of halogens is 3. The third-order valence-electron chi connectivity index (χ3n) is 3.26. The van der Waals surface area contributed by atoms with Crippen LogP contribution in [0.1, 0.15) is 11.1 Å². The van der Waals surface area contributed by atoms with Gasteiger partial charge in [0.15, 0.2) is 0 Å². The maximum atomic E-state index is 12.5. The minimum absolute atomic E-state index is 0.0114. The van der Waals surface area contributed by atoms with E-state index in [2.05, 4.69) is 6.58 Å². The first-order chi connectivity index (χ1) is 9.32. The first kappa shape index (κ1) is 14.4.